The van der Waals surface area contributed by atoms with Crippen molar-refractivity contribution in [2.75, 3.05) is 6.61 Å². The first kappa shape index (κ1) is 16.7. The molecule has 0 bridgehead atoms. The van der Waals surface area contributed by atoms with Gasteiger partial charge in [0, 0.05) is 0 Å². The highest BCUT2D eigenvalue weighted by Crippen LogP contribution is 2.18. The Morgan fingerprint density at radius 1 is 1.17 bits per heavy atom. The van der Waals surface area contributed by atoms with Crippen LogP contribution >= 0.6 is 0 Å². The molecule has 23 heavy (non-hydrogen) atoms. The Morgan fingerprint density at radius 3 is 2.61 bits per heavy atom. The molecular formula is C19H22N2O2. The van der Waals surface area contributed by atoms with E-state index in [0.29, 0.717) is 0 Å². The lowest BCUT2D eigenvalue weighted by Crippen LogP contribution is -2.24. The van der Waals surface area contributed by atoms with Gasteiger partial charge in [0.05, 0.1) is 6.21 Å². The lowest BCUT2D eigenvalue weighted by molar-refractivity contribution is -0.123. The van der Waals surface area contributed by atoms with Gasteiger partial charge in [0.2, 0.25) is 0 Å². The topological polar surface area (TPSA) is 50.7 Å². The normalized spacial score (nSPS) is 10.7. The molecule has 0 atom stereocenters. The molecule has 0 heterocycles. The first-order chi connectivity index (χ1) is 11.1. The molecule has 0 aliphatic rings. The van der Waals surface area contributed by atoms with Crippen molar-refractivity contribution in [3.05, 3.63) is 64.7 Å². The van der Waals surface area contributed by atoms with Gasteiger partial charge >= 0.3 is 0 Å². The van der Waals surface area contributed by atoms with E-state index in [0.717, 1.165) is 28.9 Å². The molecule has 0 saturated heterocycles. The molecule has 0 unspecified atom stereocenters. The number of nitrogens with one attached hydrogen (secondary N) is 1. The molecule has 0 fully saturated rings. The number of ether oxygens (including phenoxy) is 1. The number of hydrogen-bond acceptors (Lipinski definition) is 3. The van der Waals surface area contributed by atoms with Crippen LogP contribution in [0.2, 0.25) is 0 Å². The summed E-state index contributed by atoms with van der Waals surface area (Å²) in [4.78, 5) is 11.8. The third-order valence-corrected chi connectivity index (χ3v) is 3.49. The van der Waals surface area contributed by atoms with E-state index in [4.69, 9.17) is 4.74 Å². The number of hydrogen-bond donors (Lipinski definition) is 1. The summed E-state index contributed by atoms with van der Waals surface area (Å²) < 4.78 is 5.53. The van der Waals surface area contributed by atoms with E-state index < -0.39 is 0 Å². The van der Waals surface area contributed by atoms with Crippen molar-refractivity contribution in [2.24, 2.45) is 5.10 Å². The van der Waals surface area contributed by atoms with Crippen molar-refractivity contribution >= 4 is 12.1 Å². The van der Waals surface area contributed by atoms with E-state index in [1.807, 2.05) is 56.3 Å². The summed E-state index contributed by atoms with van der Waals surface area (Å²) in [6.07, 6.45) is 2.62. The Kier molecular flexibility index (Phi) is 5.92. The quantitative estimate of drug-likeness (QED) is 0.657. The molecule has 0 radical (unpaired) electrons. The number of amides is 1. The van der Waals surface area contributed by atoms with Crippen molar-refractivity contribution in [1.29, 1.82) is 0 Å². The fourth-order valence-corrected chi connectivity index (χ4v) is 2.06. The maximum atomic E-state index is 11.8. The molecule has 4 nitrogen and oxygen atoms in total. The van der Waals surface area contributed by atoms with E-state index in [1.165, 1.54) is 5.56 Å². The van der Waals surface area contributed by atoms with E-state index in [1.54, 1.807) is 6.21 Å². The highest BCUT2D eigenvalue weighted by Gasteiger charge is 2.04. The Hall–Kier alpha value is -2.62. The van der Waals surface area contributed by atoms with Crippen LogP contribution in [0.15, 0.2) is 47.6 Å². The van der Waals surface area contributed by atoms with Crippen molar-refractivity contribution < 1.29 is 9.53 Å². The summed E-state index contributed by atoms with van der Waals surface area (Å²) in [6, 6.07) is 13.9. The number of hydrazone groups is 1. The van der Waals surface area contributed by atoms with Crippen molar-refractivity contribution in [2.45, 2.75) is 27.2 Å². The Morgan fingerprint density at radius 2 is 1.91 bits per heavy atom. The van der Waals surface area contributed by atoms with Crippen LogP contribution in [0.3, 0.4) is 0 Å². The SMILES string of the molecule is CCc1ccc(/C=N\NC(=O)COc2cc(C)ccc2C)cc1. The summed E-state index contributed by atoms with van der Waals surface area (Å²) in [7, 11) is 0. The van der Waals surface area contributed by atoms with Crippen LogP contribution in [0.1, 0.15) is 29.2 Å². The molecule has 0 aliphatic carbocycles. The molecule has 2 rings (SSSR count). The Balaban J connectivity index is 1.82. The van der Waals surface area contributed by atoms with Crippen LogP contribution in [0, 0.1) is 13.8 Å². The van der Waals surface area contributed by atoms with Crippen molar-refractivity contribution in [3.8, 4) is 5.75 Å². The molecule has 4 heteroatoms. The summed E-state index contributed by atoms with van der Waals surface area (Å²) in [5.74, 6) is 0.437. The van der Waals surface area contributed by atoms with E-state index in [9.17, 15) is 4.79 Å². The fourth-order valence-electron chi connectivity index (χ4n) is 2.06. The minimum atomic E-state index is -0.285. The van der Waals surface area contributed by atoms with Crippen LogP contribution in [0.5, 0.6) is 5.75 Å². The summed E-state index contributed by atoms with van der Waals surface area (Å²) in [5.41, 5.74) is 6.78. The first-order valence-corrected chi connectivity index (χ1v) is 7.69. The zero-order valence-electron chi connectivity index (χ0n) is 13.8. The molecule has 0 aromatic heterocycles. The standard InChI is InChI=1S/C19H22N2O2/c1-4-16-7-9-17(10-8-16)12-20-21-19(22)13-23-18-11-14(2)5-6-15(18)3/h5-12H,4,13H2,1-3H3,(H,21,22)/b20-12-. The monoisotopic (exact) mass is 310 g/mol. The van der Waals surface area contributed by atoms with E-state index in [2.05, 4.69) is 17.5 Å². The molecule has 1 N–H and O–H groups in total. The predicted octanol–water partition coefficient (Wildman–Crippen LogP) is 3.39. The number of benzene rings is 2. The summed E-state index contributed by atoms with van der Waals surface area (Å²) >= 11 is 0. The summed E-state index contributed by atoms with van der Waals surface area (Å²) in [5, 5.41) is 3.94. The van der Waals surface area contributed by atoms with Gasteiger partial charge in [-0.1, -0.05) is 43.3 Å². The van der Waals surface area contributed by atoms with Crippen LogP contribution in [-0.2, 0) is 11.2 Å². The molecule has 0 spiro atoms. The van der Waals surface area contributed by atoms with Gasteiger partial charge in [-0.25, -0.2) is 5.43 Å². The maximum absolute atomic E-state index is 11.8. The Labute approximate surface area is 137 Å². The average molecular weight is 310 g/mol. The molecule has 2 aromatic rings. The minimum Gasteiger partial charge on any atom is -0.483 e. The van der Waals surface area contributed by atoms with Crippen molar-refractivity contribution in [3.63, 3.8) is 0 Å². The lowest BCUT2D eigenvalue weighted by Gasteiger charge is -2.08. The van der Waals surface area contributed by atoms with Crippen LogP contribution in [0.4, 0.5) is 0 Å². The van der Waals surface area contributed by atoms with Gasteiger partial charge < -0.3 is 4.74 Å². The average Bonchev–Trinajstić information content (AvgIpc) is 2.56. The smallest absolute Gasteiger partial charge is 0.277 e. The molecule has 2 aromatic carbocycles. The maximum Gasteiger partial charge on any atom is 0.277 e. The van der Waals surface area contributed by atoms with Crippen LogP contribution < -0.4 is 10.2 Å². The minimum absolute atomic E-state index is 0.0591. The molecule has 0 aliphatic heterocycles. The third-order valence-electron chi connectivity index (χ3n) is 3.49. The largest absolute Gasteiger partial charge is 0.483 e. The number of aryl methyl sites for hydroxylation is 3. The zero-order chi connectivity index (χ0) is 16.7. The number of nitrogens with zero attached hydrogens (tertiary/aromatic N) is 1. The van der Waals surface area contributed by atoms with Gasteiger partial charge in [-0.3, -0.25) is 4.79 Å². The van der Waals surface area contributed by atoms with Gasteiger partial charge in [-0.05, 0) is 48.6 Å². The second kappa shape index (κ2) is 8.13. The van der Waals surface area contributed by atoms with Crippen LogP contribution in [-0.4, -0.2) is 18.7 Å². The van der Waals surface area contributed by atoms with Gasteiger partial charge in [0.15, 0.2) is 6.61 Å². The number of rotatable bonds is 6. The second-order valence-corrected chi connectivity index (χ2v) is 5.45. The van der Waals surface area contributed by atoms with Crippen molar-refractivity contribution in [1.82, 2.24) is 5.43 Å². The van der Waals surface area contributed by atoms with Crippen LogP contribution in [0.25, 0.3) is 0 Å². The third kappa shape index (κ3) is 5.25. The predicted molar refractivity (Wildman–Crippen MR) is 93.0 cm³/mol. The highest BCUT2D eigenvalue weighted by molar-refractivity contribution is 5.82. The Bertz CT molecular complexity index is 691. The highest BCUT2D eigenvalue weighted by atomic mass is 16.5. The zero-order valence-corrected chi connectivity index (χ0v) is 13.8. The molecule has 120 valence electrons. The van der Waals surface area contributed by atoms with Gasteiger partial charge in [-0.2, -0.15) is 5.10 Å². The van der Waals surface area contributed by atoms with Gasteiger partial charge in [0.1, 0.15) is 5.75 Å². The summed E-state index contributed by atoms with van der Waals surface area (Å²) in [6.45, 7) is 5.99. The molecule has 1 amide bonds. The lowest BCUT2D eigenvalue weighted by atomic mass is 10.1. The van der Waals surface area contributed by atoms with E-state index in [-0.39, 0.29) is 12.5 Å². The van der Waals surface area contributed by atoms with Gasteiger partial charge in [-0.15, -0.1) is 0 Å². The number of carbonyl (C=O) groups is 1. The van der Waals surface area contributed by atoms with E-state index >= 15 is 0 Å². The second-order valence-electron chi connectivity index (χ2n) is 5.45. The fraction of sp³-hybridized carbons (Fsp3) is 0.263. The molecular weight excluding hydrogens is 288 g/mol. The van der Waals surface area contributed by atoms with Gasteiger partial charge in [0.25, 0.3) is 5.91 Å². The first-order valence-electron chi connectivity index (χ1n) is 7.69. The number of carbonyl (C=O) groups excluding carboxylic acids is 1. The molecule has 0 saturated carbocycles.